The van der Waals surface area contributed by atoms with Crippen molar-refractivity contribution in [2.75, 3.05) is 26.3 Å². The van der Waals surface area contributed by atoms with Gasteiger partial charge in [-0.2, -0.15) is 10.5 Å². The lowest BCUT2D eigenvalue weighted by molar-refractivity contribution is 0.170. The third-order valence-corrected chi connectivity index (χ3v) is 4.56. The summed E-state index contributed by atoms with van der Waals surface area (Å²) in [5.41, 5.74) is 1.23. The molecule has 0 amide bonds. The Morgan fingerprint density at radius 3 is 2.83 bits per heavy atom. The van der Waals surface area contributed by atoms with Crippen LogP contribution in [-0.4, -0.2) is 31.2 Å². The maximum Gasteiger partial charge on any atom is 0.161 e. The van der Waals surface area contributed by atoms with E-state index in [2.05, 4.69) is 29.2 Å². The highest BCUT2D eigenvalue weighted by atomic mass is 16.6. The number of ether oxygens (including phenoxy) is 2. The van der Waals surface area contributed by atoms with Crippen molar-refractivity contribution in [2.24, 2.45) is 5.92 Å². The summed E-state index contributed by atoms with van der Waals surface area (Å²) in [5, 5.41) is 18.0. The number of likely N-dealkylation sites (tertiary alicyclic amines) is 1. The van der Waals surface area contributed by atoms with E-state index < -0.39 is 0 Å². The summed E-state index contributed by atoms with van der Waals surface area (Å²) < 4.78 is 11.3. The molecule has 0 N–H and O–H groups in total. The van der Waals surface area contributed by atoms with Crippen molar-refractivity contribution < 1.29 is 9.47 Å². The molecule has 5 nitrogen and oxygen atoms in total. The summed E-state index contributed by atoms with van der Waals surface area (Å²) in [6, 6.07) is 11.0. The van der Waals surface area contributed by atoms with E-state index in [1.54, 1.807) is 0 Å². The van der Waals surface area contributed by atoms with Crippen LogP contribution in [-0.2, 0) is 0 Å². The third kappa shape index (κ3) is 3.57. The topological polar surface area (TPSA) is 69.3 Å². The van der Waals surface area contributed by atoms with E-state index in [0.29, 0.717) is 32.1 Å². The van der Waals surface area contributed by atoms with Crippen LogP contribution in [0.2, 0.25) is 0 Å². The highest BCUT2D eigenvalue weighted by Crippen LogP contribution is 2.38. The number of rotatable bonds is 5. The molecule has 1 aromatic rings. The van der Waals surface area contributed by atoms with Gasteiger partial charge in [-0.05, 0) is 43.5 Å². The highest BCUT2D eigenvalue weighted by Gasteiger charge is 2.29. The molecule has 1 fully saturated rings. The molecule has 1 saturated heterocycles. The Labute approximate surface area is 137 Å². The maximum atomic E-state index is 9.31. The molecule has 0 spiro atoms. The van der Waals surface area contributed by atoms with Gasteiger partial charge in [-0.15, -0.1) is 0 Å². The van der Waals surface area contributed by atoms with Crippen LogP contribution in [0.1, 0.15) is 37.3 Å². The Morgan fingerprint density at radius 2 is 2.04 bits per heavy atom. The van der Waals surface area contributed by atoms with Gasteiger partial charge in [0.1, 0.15) is 13.2 Å². The summed E-state index contributed by atoms with van der Waals surface area (Å²) in [6.45, 7) is 2.93. The van der Waals surface area contributed by atoms with E-state index in [1.165, 1.54) is 5.56 Å². The zero-order valence-electron chi connectivity index (χ0n) is 13.2. The molecule has 0 saturated carbocycles. The fourth-order valence-corrected chi connectivity index (χ4v) is 3.41. The van der Waals surface area contributed by atoms with Gasteiger partial charge in [0.2, 0.25) is 0 Å². The highest BCUT2D eigenvalue weighted by molar-refractivity contribution is 5.44. The monoisotopic (exact) mass is 311 g/mol. The van der Waals surface area contributed by atoms with Crippen LogP contribution in [0.3, 0.4) is 0 Å². The van der Waals surface area contributed by atoms with Gasteiger partial charge in [0.15, 0.2) is 11.5 Å². The van der Waals surface area contributed by atoms with E-state index in [9.17, 15) is 5.26 Å². The Hall–Kier alpha value is -2.24. The zero-order chi connectivity index (χ0) is 16.1. The average molecular weight is 311 g/mol. The number of fused-ring (bicyclic) bond motifs is 1. The molecule has 23 heavy (non-hydrogen) atoms. The van der Waals surface area contributed by atoms with Crippen LogP contribution in [0.25, 0.3) is 0 Å². The summed E-state index contributed by atoms with van der Waals surface area (Å²) in [7, 11) is 0. The van der Waals surface area contributed by atoms with Gasteiger partial charge >= 0.3 is 0 Å². The molecule has 5 heteroatoms. The number of nitriles is 2. The Kier molecular flexibility index (Phi) is 5.00. The Bertz CT molecular complexity index is 632. The van der Waals surface area contributed by atoms with Crippen LogP contribution in [0.5, 0.6) is 11.5 Å². The van der Waals surface area contributed by atoms with Crippen molar-refractivity contribution in [1.82, 2.24) is 4.90 Å². The predicted molar refractivity (Wildman–Crippen MR) is 84.9 cm³/mol. The lowest BCUT2D eigenvalue weighted by Crippen LogP contribution is -2.29. The van der Waals surface area contributed by atoms with E-state index in [-0.39, 0.29) is 5.92 Å². The number of hydrogen-bond donors (Lipinski definition) is 0. The Balaban J connectivity index is 1.71. The largest absolute Gasteiger partial charge is 0.486 e. The minimum Gasteiger partial charge on any atom is -0.486 e. The van der Waals surface area contributed by atoms with Crippen molar-refractivity contribution in [2.45, 2.75) is 31.7 Å². The first kappa shape index (κ1) is 15.6. The first-order valence-electron chi connectivity index (χ1n) is 8.22. The van der Waals surface area contributed by atoms with E-state index in [0.717, 1.165) is 37.4 Å². The minimum atomic E-state index is -0.0764. The second-order valence-corrected chi connectivity index (χ2v) is 6.08. The quantitative estimate of drug-likeness (QED) is 0.836. The van der Waals surface area contributed by atoms with E-state index >= 15 is 0 Å². The predicted octanol–water partition coefficient (Wildman–Crippen LogP) is 3.04. The first-order chi connectivity index (χ1) is 11.3. The van der Waals surface area contributed by atoms with E-state index in [1.807, 2.05) is 6.07 Å². The first-order valence-corrected chi connectivity index (χ1v) is 8.22. The number of nitrogens with zero attached hydrogens (tertiary/aromatic N) is 3. The molecule has 3 rings (SSSR count). The molecule has 2 atom stereocenters. The molecule has 120 valence electrons. The van der Waals surface area contributed by atoms with Gasteiger partial charge in [-0.1, -0.05) is 6.07 Å². The molecule has 2 heterocycles. The lowest BCUT2D eigenvalue weighted by Gasteiger charge is -2.27. The van der Waals surface area contributed by atoms with Crippen LogP contribution >= 0.6 is 0 Å². The zero-order valence-corrected chi connectivity index (χ0v) is 13.2. The average Bonchev–Trinajstić information content (AvgIpc) is 3.06. The van der Waals surface area contributed by atoms with Gasteiger partial charge in [0.25, 0.3) is 0 Å². The van der Waals surface area contributed by atoms with Crippen molar-refractivity contribution in [1.29, 1.82) is 10.5 Å². The lowest BCUT2D eigenvalue weighted by atomic mass is 10.0. The molecule has 0 unspecified atom stereocenters. The normalized spacial score (nSPS) is 21.4. The smallest absolute Gasteiger partial charge is 0.161 e. The second kappa shape index (κ2) is 7.35. The standard InChI is InChI=1S/C18H21N3O2/c19-7-1-3-14(12-20)13-21-8-2-4-16(21)15-5-6-17-18(11-15)23-10-9-22-17/h5-6,11,14,16H,1-4,8-10,13H2/t14-,16-/m1/s1. The molecular formula is C18H21N3O2. The van der Waals surface area contributed by atoms with Crippen LogP contribution in [0.4, 0.5) is 0 Å². The van der Waals surface area contributed by atoms with Crippen LogP contribution in [0.15, 0.2) is 18.2 Å². The van der Waals surface area contributed by atoms with Crippen molar-refractivity contribution >= 4 is 0 Å². The van der Waals surface area contributed by atoms with Crippen molar-refractivity contribution in [3.63, 3.8) is 0 Å². The number of hydrogen-bond acceptors (Lipinski definition) is 5. The molecule has 0 aliphatic carbocycles. The molecule has 0 radical (unpaired) electrons. The van der Waals surface area contributed by atoms with Gasteiger partial charge in [0.05, 0.1) is 18.1 Å². The fraction of sp³-hybridized carbons (Fsp3) is 0.556. The maximum absolute atomic E-state index is 9.31. The van der Waals surface area contributed by atoms with Gasteiger partial charge in [-0.3, -0.25) is 4.90 Å². The van der Waals surface area contributed by atoms with Crippen LogP contribution in [0, 0.1) is 28.6 Å². The van der Waals surface area contributed by atoms with Gasteiger partial charge in [0, 0.05) is 19.0 Å². The molecule has 0 bridgehead atoms. The van der Waals surface area contributed by atoms with Gasteiger partial charge in [-0.25, -0.2) is 0 Å². The fourth-order valence-electron chi connectivity index (χ4n) is 3.41. The third-order valence-electron chi connectivity index (χ3n) is 4.56. The van der Waals surface area contributed by atoms with Gasteiger partial charge < -0.3 is 9.47 Å². The number of benzene rings is 1. The minimum absolute atomic E-state index is 0.0764. The molecule has 2 aliphatic heterocycles. The summed E-state index contributed by atoms with van der Waals surface area (Å²) in [5.74, 6) is 1.56. The SMILES string of the molecule is N#CCC[C@H](C#N)CN1CCC[C@@H]1c1ccc2c(c1)OCCO2. The molecule has 2 aliphatic rings. The summed E-state index contributed by atoms with van der Waals surface area (Å²) >= 11 is 0. The molecular weight excluding hydrogens is 290 g/mol. The summed E-state index contributed by atoms with van der Waals surface area (Å²) in [4.78, 5) is 2.37. The summed E-state index contributed by atoms with van der Waals surface area (Å²) in [6.07, 6.45) is 3.32. The second-order valence-electron chi connectivity index (χ2n) is 6.08. The molecule has 0 aromatic heterocycles. The van der Waals surface area contributed by atoms with Crippen molar-refractivity contribution in [3.05, 3.63) is 23.8 Å². The van der Waals surface area contributed by atoms with Crippen molar-refractivity contribution in [3.8, 4) is 23.6 Å². The molecule has 1 aromatic carbocycles. The van der Waals surface area contributed by atoms with Crippen LogP contribution < -0.4 is 9.47 Å². The Morgan fingerprint density at radius 1 is 1.22 bits per heavy atom. The van der Waals surface area contributed by atoms with E-state index in [4.69, 9.17) is 14.7 Å².